The van der Waals surface area contributed by atoms with Crippen molar-refractivity contribution in [1.29, 1.82) is 0 Å². The minimum atomic E-state index is -3.54. The number of alkyl carbamates (subject to hydrolysis) is 1. The van der Waals surface area contributed by atoms with Gasteiger partial charge < -0.3 is 34.3 Å². The van der Waals surface area contributed by atoms with Gasteiger partial charge >= 0.3 is 6.09 Å². The van der Waals surface area contributed by atoms with Crippen LogP contribution in [0.1, 0.15) is 136 Å². The first-order valence-corrected chi connectivity index (χ1v) is 25.0. The lowest BCUT2D eigenvalue weighted by atomic mass is 9.83. The number of carbonyl (C=O) groups excluding carboxylic acids is 4. The van der Waals surface area contributed by atoms with E-state index in [0.717, 1.165) is 6.42 Å². The number of aromatic nitrogens is 1. The van der Waals surface area contributed by atoms with Gasteiger partial charge in [0.05, 0.1) is 48.2 Å². The Hall–Kier alpha value is -4.03. The van der Waals surface area contributed by atoms with Crippen LogP contribution in [0.5, 0.6) is 11.5 Å². The summed E-state index contributed by atoms with van der Waals surface area (Å²) in [5.74, 6) is -5.90. The zero-order valence-electron chi connectivity index (χ0n) is 38.1. The second-order valence-electron chi connectivity index (χ2n) is 19.8. The lowest BCUT2D eigenvalue weighted by molar-refractivity contribution is -0.141. The van der Waals surface area contributed by atoms with Gasteiger partial charge in [-0.05, 0) is 77.0 Å². The third-order valence-electron chi connectivity index (χ3n) is 13.4. The summed E-state index contributed by atoms with van der Waals surface area (Å²) in [5, 5.41) is 5.72. The van der Waals surface area contributed by atoms with Crippen LogP contribution in [0.25, 0.3) is 10.9 Å². The monoisotopic (exact) mass is 931 g/mol. The van der Waals surface area contributed by atoms with E-state index in [1.54, 1.807) is 26.0 Å². The molecule has 0 radical (unpaired) electrons. The summed E-state index contributed by atoms with van der Waals surface area (Å²) in [7, 11) is 0.295. The number of allylic oxidation sites excluding steroid dienone is 1. The number of benzene rings is 1. The van der Waals surface area contributed by atoms with Crippen LogP contribution >= 0.6 is 0 Å². The number of nitrogens with zero attached hydrogens (tertiary/aromatic N) is 2. The molecule has 2 unspecified atom stereocenters. The smallest absolute Gasteiger partial charge is 0.408 e. The van der Waals surface area contributed by atoms with Crippen molar-refractivity contribution in [2.75, 3.05) is 19.4 Å². The number of ether oxygens (including phenoxy) is 3. The van der Waals surface area contributed by atoms with E-state index in [-0.39, 0.29) is 52.8 Å². The van der Waals surface area contributed by atoms with Gasteiger partial charge in [-0.1, -0.05) is 52.7 Å². The third kappa shape index (κ3) is 9.88. The molecule has 64 heavy (non-hydrogen) atoms. The van der Waals surface area contributed by atoms with Gasteiger partial charge in [0, 0.05) is 52.4 Å². The number of methoxy groups -OCH3 is 1. The first kappa shape index (κ1) is 47.9. The van der Waals surface area contributed by atoms with Crippen LogP contribution in [0, 0.1) is 5.92 Å². The van der Waals surface area contributed by atoms with Crippen molar-refractivity contribution in [3.05, 3.63) is 41.6 Å². The maximum atomic E-state index is 17.2. The predicted octanol–water partition coefficient (Wildman–Crippen LogP) is 6.73. The second-order valence-corrected chi connectivity index (χ2v) is 23.6. The SMILES string of the molecule is COc1ccc2nc(C(C)C)c3c(c2c1)C(F)(F)C[C@]1(C[C@H]2C(=O)N[C@]4(C(=O)N[S+]([O-])C5(C)CC5)C[C@H]4/C=C\CCCCC[C@H](NC(=O)OC(C)(C)CCS(=O)C(C)C)C(=O)N2C1)O3. The van der Waals surface area contributed by atoms with E-state index in [0.29, 0.717) is 55.5 Å². The molecule has 1 spiro atoms. The van der Waals surface area contributed by atoms with Gasteiger partial charge in [-0.2, -0.15) is 4.72 Å². The van der Waals surface area contributed by atoms with Gasteiger partial charge in [0.25, 0.3) is 11.8 Å². The van der Waals surface area contributed by atoms with Crippen LogP contribution in [0.2, 0.25) is 0 Å². The molecule has 3 aliphatic heterocycles. The van der Waals surface area contributed by atoms with Crippen LogP contribution < -0.4 is 24.8 Å². The van der Waals surface area contributed by atoms with Crippen LogP contribution in [0.4, 0.5) is 13.6 Å². The number of amides is 4. The van der Waals surface area contributed by atoms with E-state index in [2.05, 4.69) is 15.4 Å². The molecular weight excluding hydrogens is 869 g/mol. The van der Waals surface area contributed by atoms with Gasteiger partial charge in [0.1, 0.15) is 39.3 Å². The lowest BCUT2D eigenvalue weighted by Gasteiger charge is -2.41. The molecule has 352 valence electrons. The lowest BCUT2D eigenvalue weighted by Crippen LogP contribution is -2.58. The topological polar surface area (TPSA) is 188 Å². The van der Waals surface area contributed by atoms with E-state index in [4.69, 9.17) is 19.2 Å². The van der Waals surface area contributed by atoms with Gasteiger partial charge in [-0.3, -0.25) is 18.6 Å². The summed E-state index contributed by atoms with van der Waals surface area (Å²) >= 11 is -1.72. The van der Waals surface area contributed by atoms with E-state index in [1.807, 2.05) is 46.8 Å². The Morgan fingerprint density at radius 1 is 1.14 bits per heavy atom. The number of pyridine rings is 1. The number of rotatable bonds is 11. The number of carbonyl (C=O) groups is 4. The largest absolute Gasteiger partial charge is 0.593 e. The molecule has 2 saturated carbocycles. The minimum Gasteiger partial charge on any atom is -0.593 e. The summed E-state index contributed by atoms with van der Waals surface area (Å²) in [6.07, 6.45) is 6.23. The second kappa shape index (κ2) is 18.0. The molecule has 14 nitrogen and oxygen atoms in total. The molecule has 18 heteroatoms. The predicted molar refractivity (Wildman–Crippen MR) is 240 cm³/mol. The van der Waals surface area contributed by atoms with Gasteiger partial charge in [-0.15, -0.1) is 0 Å². The van der Waals surface area contributed by atoms with Crippen LogP contribution in [0.15, 0.2) is 30.4 Å². The fourth-order valence-corrected chi connectivity index (χ4v) is 11.3. The molecule has 1 aromatic carbocycles. The van der Waals surface area contributed by atoms with E-state index in [9.17, 15) is 23.1 Å². The van der Waals surface area contributed by atoms with Crippen LogP contribution in [-0.4, -0.2) is 101 Å². The fourth-order valence-electron chi connectivity index (χ4n) is 9.10. The molecule has 3 fully saturated rings. The summed E-state index contributed by atoms with van der Waals surface area (Å²) in [5.41, 5.74) is -4.09. The highest BCUT2D eigenvalue weighted by atomic mass is 32.2. The highest BCUT2D eigenvalue weighted by Crippen LogP contribution is 2.56. The molecule has 2 aliphatic carbocycles. The van der Waals surface area contributed by atoms with Gasteiger partial charge in [-0.25, -0.2) is 18.6 Å². The summed E-state index contributed by atoms with van der Waals surface area (Å²) in [6.45, 7) is 12.1. The first-order chi connectivity index (χ1) is 30.0. The number of alkyl halides is 2. The molecule has 7 atom stereocenters. The molecule has 5 aliphatic rings. The number of hydrogen-bond acceptors (Lipinski definition) is 10. The number of fused-ring (bicyclic) bond motifs is 5. The van der Waals surface area contributed by atoms with Crippen molar-refractivity contribution < 1.29 is 50.9 Å². The average Bonchev–Trinajstić information content (AvgIpc) is 4.11. The molecule has 3 N–H and O–H groups in total. The van der Waals surface area contributed by atoms with Crippen molar-refractivity contribution in [3.63, 3.8) is 0 Å². The maximum Gasteiger partial charge on any atom is 0.408 e. The minimum absolute atomic E-state index is 0.0801. The van der Waals surface area contributed by atoms with Crippen LogP contribution in [-0.2, 0) is 47.2 Å². The van der Waals surface area contributed by atoms with Crippen molar-refractivity contribution in [1.82, 2.24) is 25.2 Å². The Morgan fingerprint density at radius 2 is 1.88 bits per heavy atom. The Bertz CT molecular complexity index is 2220. The highest BCUT2D eigenvalue weighted by Gasteiger charge is 2.65. The number of halogens is 2. The fraction of sp³-hybridized carbons (Fsp3) is 0.674. The zero-order chi connectivity index (χ0) is 46.6. The maximum absolute atomic E-state index is 17.2. The van der Waals surface area contributed by atoms with E-state index in [1.165, 1.54) is 18.1 Å². The van der Waals surface area contributed by atoms with E-state index >= 15 is 13.6 Å². The number of nitrogens with one attached hydrogen (secondary N) is 3. The summed E-state index contributed by atoms with van der Waals surface area (Å²) < 4.78 is 80.2. The van der Waals surface area contributed by atoms with Gasteiger partial charge in [0.2, 0.25) is 11.8 Å². The van der Waals surface area contributed by atoms with Crippen LogP contribution in [0.3, 0.4) is 0 Å². The number of hydrogen-bond donors (Lipinski definition) is 3. The zero-order valence-corrected chi connectivity index (χ0v) is 39.7. The molecule has 4 heterocycles. The summed E-state index contributed by atoms with van der Waals surface area (Å²) in [6, 6.07) is 2.12. The highest BCUT2D eigenvalue weighted by molar-refractivity contribution is 7.91. The third-order valence-corrected chi connectivity index (χ3v) is 16.7. The summed E-state index contributed by atoms with van der Waals surface area (Å²) in [4.78, 5) is 63.6. The average molecular weight is 932 g/mol. The molecule has 1 aromatic heterocycles. The molecule has 4 amide bonds. The van der Waals surface area contributed by atoms with Crippen molar-refractivity contribution in [3.8, 4) is 11.5 Å². The van der Waals surface area contributed by atoms with Crippen molar-refractivity contribution in [2.45, 2.75) is 170 Å². The standard InChI is InChI=1S/C46H63F2N5O9S2/c1-27(2)36-37-35(31-22-30(60-8)16-17-32(31)49-36)46(47,48)25-44(61-37)24-34-38(54)51-45(40(56)52-64(59)43(7)18-19-43)23-29(45)14-12-10-9-11-13-15-33(39(55)53(34)26-44)50-41(57)62-42(5,6)20-21-63(58)28(3)4/h12,14,16-17,22,27-29,33-34H,9-11,13,15,18-21,23-26H2,1-8H3,(H,50,57)(H,51,54)(H,52,56)/b14-12-/t29-,33+,34+,44+,45-,63?,64?/m1/s1. The molecular formula is C46H63F2N5O9S2. The molecule has 0 bridgehead atoms. The normalized spacial score (nSPS) is 29.0. The Balaban J connectivity index is 1.25. The Kier molecular flexibility index (Phi) is 13.5. The Labute approximate surface area is 379 Å². The molecule has 7 rings (SSSR count). The van der Waals surface area contributed by atoms with E-state index < -0.39 is 104 Å². The van der Waals surface area contributed by atoms with Gasteiger partial charge in [0.15, 0.2) is 5.75 Å². The molecule has 1 saturated heterocycles. The quantitative estimate of drug-likeness (QED) is 0.161. The first-order valence-electron chi connectivity index (χ1n) is 22.5. The van der Waals surface area contributed by atoms with Crippen molar-refractivity contribution >= 4 is 56.9 Å². The van der Waals surface area contributed by atoms with Crippen molar-refractivity contribution in [2.24, 2.45) is 5.92 Å². The Morgan fingerprint density at radius 3 is 2.55 bits per heavy atom. The molecule has 2 aromatic rings.